The number of ether oxygens (including phenoxy) is 1. The number of hydrogen-bond acceptors (Lipinski definition) is 4. The molecule has 0 aliphatic carbocycles. The minimum Gasteiger partial charge on any atom is -0.497 e. The van der Waals surface area contributed by atoms with Gasteiger partial charge >= 0.3 is 0 Å². The Hall–Kier alpha value is -2.54. The first kappa shape index (κ1) is 20.2. The van der Waals surface area contributed by atoms with E-state index in [0.717, 1.165) is 17.0 Å². The molecule has 0 bridgehead atoms. The summed E-state index contributed by atoms with van der Waals surface area (Å²) < 4.78 is 33.2. The summed E-state index contributed by atoms with van der Waals surface area (Å²) in [5.41, 5.74) is 1.79. The Bertz CT molecular complexity index is 1010. The summed E-state index contributed by atoms with van der Waals surface area (Å²) in [6.07, 6.45) is 0. The zero-order valence-corrected chi connectivity index (χ0v) is 16.9. The molecule has 0 aliphatic heterocycles. The maximum atomic E-state index is 12.6. The van der Waals surface area contributed by atoms with E-state index in [0.29, 0.717) is 5.02 Å². The lowest BCUT2D eigenvalue weighted by Crippen LogP contribution is -2.31. The Balaban J connectivity index is 1.80. The largest absolute Gasteiger partial charge is 0.497 e. The summed E-state index contributed by atoms with van der Waals surface area (Å²) in [5.74, 6) is 0.721. The molecule has 7 heteroatoms. The molecular weight excluding hydrogens is 396 g/mol. The summed E-state index contributed by atoms with van der Waals surface area (Å²) in [7, 11) is -2.05. The Kier molecular flexibility index (Phi) is 6.57. The maximum Gasteiger partial charge on any atom is 0.240 e. The highest BCUT2D eigenvalue weighted by atomic mass is 35.5. The van der Waals surface area contributed by atoms with Crippen molar-refractivity contribution in [2.24, 2.45) is 0 Å². The first-order valence-corrected chi connectivity index (χ1v) is 10.5. The van der Waals surface area contributed by atoms with Crippen LogP contribution in [0.4, 0.5) is 5.69 Å². The average molecular weight is 417 g/mol. The second kappa shape index (κ2) is 9.10. The summed E-state index contributed by atoms with van der Waals surface area (Å²) in [6, 6.07) is 23.0. The van der Waals surface area contributed by atoms with Gasteiger partial charge in [-0.2, -0.15) is 0 Å². The van der Waals surface area contributed by atoms with E-state index in [1.54, 1.807) is 19.2 Å². The molecule has 0 amide bonds. The van der Waals surface area contributed by atoms with Crippen molar-refractivity contribution in [2.45, 2.75) is 10.9 Å². The Morgan fingerprint density at radius 1 is 0.964 bits per heavy atom. The van der Waals surface area contributed by atoms with Gasteiger partial charge in [-0.25, -0.2) is 13.1 Å². The molecule has 0 radical (unpaired) electrons. The second-order valence-electron chi connectivity index (χ2n) is 6.15. The fourth-order valence-electron chi connectivity index (χ4n) is 2.74. The van der Waals surface area contributed by atoms with E-state index in [1.807, 2.05) is 54.6 Å². The summed E-state index contributed by atoms with van der Waals surface area (Å²) in [5, 5.41) is 3.86. The third-order valence-electron chi connectivity index (χ3n) is 4.21. The fraction of sp³-hybridized carbons (Fsp3) is 0.143. The van der Waals surface area contributed by atoms with Crippen molar-refractivity contribution in [3.05, 3.63) is 89.4 Å². The number of hydrogen-bond donors (Lipinski definition) is 2. The van der Waals surface area contributed by atoms with Crippen molar-refractivity contribution in [1.29, 1.82) is 0 Å². The third kappa shape index (κ3) is 5.25. The lowest BCUT2D eigenvalue weighted by Gasteiger charge is -2.21. The summed E-state index contributed by atoms with van der Waals surface area (Å²) in [6.45, 7) is 0.173. The van der Waals surface area contributed by atoms with Gasteiger partial charge in [0.25, 0.3) is 0 Å². The molecule has 0 unspecified atom stereocenters. The van der Waals surface area contributed by atoms with Crippen LogP contribution in [0.1, 0.15) is 11.6 Å². The fourth-order valence-corrected chi connectivity index (χ4v) is 3.91. The highest BCUT2D eigenvalue weighted by Gasteiger charge is 2.18. The van der Waals surface area contributed by atoms with Crippen LogP contribution in [0, 0.1) is 0 Å². The molecule has 5 nitrogen and oxygen atoms in total. The zero-order valence-electron chi connectivity index (χ0n) is 15.3. The SMILES string of the molecule is COc1cccc(N[C@H](CNS(=O)(=O)c2ccc(Cl)cc2)c2ccccc2)c1. The number of halogens is 1. The van der Waals surface area contributed by atoms with Crippen LogP contribution in [-0.4, -0.2) is 22.1 Å². The van der Waals surface area contributed by atoms with Crippen LogP contribution < -0.4 is 14.8 Å². The van der Waals surface area contributed by atoms with Gasteiger partial charge in [0.05, 0.1) is 18.0 Å². The standard InChI is InChI=1S/C21H21ClN2O3S/c1-27-19-9-5-8-18(14-19)24-21(16-6-3-2-4-7-16)15-23-28(25,26)20-12-10-17(22)11-13-20/h2-14,21,23-24H,15H2,1H3/t21-/m1/s1. The first-order chi connectivity index (χ1) is 13.5. The van der Waals surface area contributed by atoms with Crippen LogP contribution in [-0.2, 0) is 10.0 Å². The quantitative estimate of drug-likeness (QED) is 0.568. The van der Waals surface area contributed by atoms with Crippen molar-refractivity contribution in [2.75, 3.05) is 19.0 Å². The van der Waals surface area contributed by atoms with E-state index in [4.69, 9.17) is 16.3 Å². The van der Waals surface area contributed by atoms with Crippen LogP contribution in [0.25, 0.3) is 0 Å². The summed E-state index contributed by atoms with van der Waals surface area (Å²) >= 11 is 5.85. The lowest BCUT2D eigenvalue weighted by molar-refractivity contribution is 0.415. The van der Waals surface area contributed by atoms with E-state index in [9.17, 15) is 8.42 Å². The molecule has 146 valence electrons. The van der Waals surface area contributed by atoms with Gasteiger partial charge in [-0.15, -0.1) is 0 Å². The van der Waals surface area contributed by atoms with E-state index < -0.39 is 10.0 Å². The predicted molar refractivity (Wildman–Crippen MR) is 112 cm³/mol. The van der Waals surface area contributed by atoms with Crippen molar-refractivity contribution in [1.82, 2.24) is 4.72 Å². The topological polar surface area (TPSA) is 67.4 Å². The number of benzene rings is 3. The number of nitrogens with one attached hydrogen (secondary N) is 2. The maximum absolute atomic E-state index is 12.6. The van der Waals surface area contributed by atoms with Gasteiger partial charge in [0.2, 0.25) is 10.0 Å². The van der Waals surface area contributed by atoms with Gasteiger partial charge in [0.1, 0.15) is 5.75 Å². The minimum atomic E-state index is -3.66. The molecule has 3 aromatic carbocycles. The van der Waals surface area contributed by atoms with E-state index in [2.05, 4.69) is 10.0 Å². The molecule has 3 aromatic rings. The molecule has 0 aliphatic rings. The number of sulfonamides is 1. The minimum absolute atomic E-state index is 0.171. The van der Waals surface area contributed by atoms with Crippen LogP contribution in [0.2, 0.25) is 5.02 Å². The smallest absolute Gasteiger partial charge is 0.240 e. The van der Waals surface area contributed by atoms with Crippen LogP contribution in [0.15, 0.2) is 83.8 Å². The Labute approximate surface area is 170 Å². The van der Waals surface area contributed by atoms with Gasteiger partial charge in [0, 0.05) is 23.3 Å². The van der Waals surface area contributed by atoms with Crippen LogP contribution in [0.5, 0.6) is 5.75 Å². The molecular formula is C21H21ClN2O3S. The monoisotopic (exact) mass is 416 g/mol. The third-order valence-corrected chi connectivity index (χ3v) is 5.91. The molecule has 0 spiro atoms. The molecule has 28 heavy (non-hydrogen) atoms. The molecule has 2 N–H and O–H groups in total. The highest BCUT2D eigenvalue weighted by Crippen LogP contribution is 2.23. The predicted octanol–water partition coefficient (Wildman–Crippen LogP) is 4.48. The molecule has 3 rings (SSSR count). The lowest BCUT2D eigenvalue weighted by atomic mass is 10.1. The molecule has 0 fully saturated rings. The molecule has 0 aromatic heterocycles. The van der Waals surface area contributed by atoms with E-state index in [-0.39, 0.29) is 17.5 Å². The Morgan fingerprint density at radius 3 is 2.36 bits per heavy atom. The number of anilines is 1. The van der Waals surface area contributed by atoms with Gasteiger partial charge in [-0.05, 0) is 42.0 Å². The van der Waals surface area contributed by atoms with Crippen LogP contribution in [0.3, 0.4) is 0 Å². The van der Waals surface area contributed by atoms with Gasteiger partial charge in [0.15, 0.2) is 0 Å². The van der Waals surface area contributed by atoms with Gasteiger partial charge in [-0.1, -0.05) is 48.0 Å². The van der Waals surface area contributed by atoms with Crippen molar-refractivity contribution in [3.8, 4) is 5.75 Å². The number of rotatable bonds is 8. The van der Waals surface area contributed by atoms with Gasteiger partial charge in [-0.3, -0.25) is 0 Å². The Morgan fingerprint density at radius 2 is 1.68 bits per heavy atom. The molecule has 0 heterocycles. The number of methoxy groups -OCH3 is 1. The van der Waals surface area contributed by atoms with E-state index >= 15 is 0 Å². The van der Waals surface area contributed by atoms with E-state index in [1.165, 1.54) is 12.1 Å². The second-order valence-corrected chi connectivity index (χ2v) is 8.35. The molecule has 0 saturated carbocycles. The highest BCUT2D eigenvalue weighted by molar-refractivity contribution is 7.89. The molecule has 0 saturated heterocycles. The summed E-state index contributed by atoms with van der Waals surface area (Å²) in [4.78, 5) is 0.171. The van der Waals surface area contributed by atoms with Crippen molar-refractivity contribution >= 4 is 27.3 Å². The van der Waals surface area contributed by atoms with Crippen molar-refractivity contribution < 1.29 is 13.2 Å². The normalized spacial score (nSPS) is 12.4. The van der Waals surface area contributed by atoms with Crippen molar-refractivity contribution in [3.63, 3.8) is 0 Å². The average Bonchev–Trinajstić information content (AvgIpc) is 2.72. The molecule has 1 atom stereocenters. The van der Waals surface area contributed by atoms with Crippen LogP contribution >= 0.6 is 11.6 Å². The van der Waals surface area contributed by atoms with Gasteiger partial charge < -0.3 is 10.1 Å². The zero-order chi connectivity index (χ0) is 20.0. The first-order valence-electron chi connectivity index (χ1n) is 8.69.